The molecule has 1 fully saturated rings. The summed E-state index contributed by atoms with van der Waals surface area (Å²) in [6, 6.07) is 3.01. The molecule has 3 rings (SSSR count). The van der Waals surface area contributed by atoms with E-state index in [1.807, 2.05) is 0 Å². The Morgan fingerprint density at radius 1 is 1.21 bits per heavy atom. The lowest BCUT2D eigenvalue weighted by Crippen LogP contribution is -2.48. The fourth-order valence-electron chi connectivity index (χ4n) is 4.04. The third kappa shape index (κ3) is 7.82. The van der Waals surface area contributed by atoms with E-state index >= 15 is 0 Å². The van der Waals surface area contributed by atoms with Gasteiger partial charge in [0.05, 0.1) is 18.7 Å². The number of carboxylic acid groups (broad SMARTS) is 1. The van der Waals surface area contributed by atoms with Crippen LogP contribution in [-0.2, 0) is 9.59 Å². The van der Waals surface area contributed by atoms with Gasteiger partial charge in [-0.2, -0.15) is 0 Å². The first-order valence-electron chi connectivity index (χ1n) is 11.7. The van der Waals surface area contributed by atoms with Crippen LogP contribution in [0.4, 0.5) is 0 Å². The van der Waals surface area contributed by atoms with Gasteiger partial charge in [0.2, 0.25) is 5.91 Å². The summed E-state index contributed by atoms with van der Waals surface area (Å²) in [5.41, 5.74) is -0.0207. The minimum atomic E-state index is -1.25. The lowest BCUT2D eigenvalue weighted by atomic mass is 9.87. The second-order valence-electron chi connectivity index (χ2n) is 8.49. The molecule has 0 unspecified atom stereocenters. The molecule has 1 aliphatic heterocycles. The number of ether oxygens (including phenoxy) is 1. The number of carbonyl (C=O) groups excluding carboxylic acids is 2. The number of aliphatic carboxylic acids is 1. The maximum atomic E-state index is 12.5. The third-order valence-electron chi connectivity index (χ3n) is 5.85. The Morgan fingerprint density at radius 2 is 2.00 bits per heavy atom. The van der Waals surface area contributed by atoms with Crippen LogP contribution < -0.4 is 26.0 Å². The summed E-state index contributed by atoms with van der Waals surface area (Å²) in [7, 11) is 0. The van der Waals surface area contributed by atoms with Crippen molar-refractivity contribution in [3.8, 4) is 11.5 Å². The van der Waals surface area contributed by atoms with Gasteiger partial charge in [0.15, 0.2) is 5.96 Å². The van der Waals surface area contributed by atoms with Gasteiger partial charge in [-0.05, 0) is 30.9 Å². The van der Waals surface area contributed by atoms with E-state index in [1.54, 1.807) is 6.07 Å². The standard InChI is InChI=1S/C23H33N5O6/c29-19-13-16(34-11-10-26-23-24-8-9-25-23)6-7-17(19)21(31)27-14-18(22(32)33)28-20(30)12-15-4-2-1-3-5-15/h6-7,13,15,18,29H,1-5,8-12,14H2,(H,27,31)(H,28,30)(H,32,33)(H2,24,25,26)/t18-/m0/s1. The van der Waals surface area contributed by atoms with E-state index in [0.29, 0.717) is 25.3 Å². The van der Waals surface area contributed by atoms with E-state index in [0.717, 1.165) is 44.7 Å². The van der Waals surface area contributed by atoms with Gasteiger partial charge in [0.1, 0.15) is 24.1 Å². The van der Waals surface area contributed by atoms with Crippen LogP contribution in [0.15, 0.2) is 23.2 Å². The highest BCUT2D eigenvalue weighted by Crippen LogP contribution is 2.26. The highest BCUT2D eigenvalue weighted by Gasteiger charge is 2.24. The zero-order valence-electron chi connectivity index (χ0n) is 19.1. The Hall–Kier alpha value is -3.50. The lowest BCUT2D eigenvalue weighted by molar-refractivity contribution is -0.141. The van der Waals surface area contributed by atoms with Gasteiger partial charge >= 0.3 is 5.97 Å². The summed E-state index contributed by atoms with van der Waals surface area (Å²) >= 11 is 0. The predicted molar refractivity (Wildman–Crippen MR) is 125 cm³/mol. The van der Waals surface area contributed by atoms with E-state index in [9.17, 15) is 24.6 Å². The minimum Gasteiger partial charge on any atom is -0.507 e. The zero-order chi connectivity index (χ0) is 24.3. The molecule has 34 heavy (non-hydrogen) atoms. The second kappa shape index (κ2) is 12.7. The van der Waals surface area contributed by atoms with Crippen molar-refractivity contribution in [1.29, 1.82) is 0 Å². The van der Waals surface area contributed by atoms with Crippen LogP contribution in [0.3, 0.4) is 0 Å². The molecule has 0 saturated heterocycles. The summed E-state index contributed by atoms with van der Waals surface area (Å²) in [6.07, 6.45) is 5.60. The average Bonchev–Trinajstić information content (AvgIpc) is 3.33. The van der Waals surface area contributed by atoms with Crippen LogP contribution in [0.5, 0.6) is 11.5 Å². The summed E-state index contributed by atoms with van der Waals surface area (Å²) in [6.45, 7) is 2.08. The number of amides is 2. The monoisotopic (exact) mass is 475 g/mol. The van der Waals surface area contributed by atoms with E-state index in [2.05, 4.69) is 26.3 Å². The molecular formula is C23H33N5O6. The van der Waals surface area contributed by atoms with Crippen LogP contribution in [0.2, 0.25) is 0 Å². The average molecular weight is 476 g/mol. The van der Waals surface area contributed by atoms with Gasteiger partial charge in [-0.25, -0.2) is 4.79 Å². The number of benzene rings is 1. The quantitative estimate of drug-likeness (QED) is 0.253. The molecule has 6 N–H and O–H groups in total. The van der Waals surface area contributed by atoms with Crippen molar-refractivity contribution in [3.05, 3.63) is 23.8 Å². The fraction of sp³-hybridized carbons (Fsp3) is 0.565. The molecule has 0 radical (unpaired) electrons. The van der Waals surface area contributed by atoms with Crippen LogP contribution in [0.1, 0.15) is 48.9 Å². The topological polar surface area (TPSA) is 161 Å². The number of nitrogens with zero attached hydrogens (tertiary/aromatic N) is 1. The SMILES string of the molecule is O=C(CC1CCCCC1)N[C@@H](CNC(=O)c1ccc(OCCNC2=NCCN2)cc1O)C(=O)O. The van der Waals surface area contributed by atoms with Crippen molar-refractivity contribution in [1.82, 2.24) is 21.3 Å². The molecule has 1 aliphatic carbocycles. The van der Waals surface area contributed by atoms with Crippen molar-refractivity contribution in [2.24, 2.45) is 10.9 Å². The summed E-state index contributed by atoms with van der Waals surface area (Å²) in [4.78, 5) is 40.5. The van der Waals surface area contributed by atoms with Gasteiger partial charge in [0.25, 0.3) is 5.91 Å². The normalized spacial score (nSPS) is 16.6. The number of nitrogens with one attached hydrogen (secondary N) is 4. The molecular weight excluding hydrogens is 442 g/mol. The molecule has 186 valence electrons. The number of aromatic hydroxyl groups is 1. The number of carboxylic acids is 1. The Bertz CT molecular complexity index is 900. The number of rotatable bonds is 11. The molecule has 0 aromatic heterocycles. The molecule has 0 spiro atoms. The zero-order valence-corrected chi connectivity index (χ0v) is 19.1. The summed E-state index contributed by atoms with van der Waals surface area (Å²) in [5, 5.41) is 30.8. The van der Waals surface area contributed by atoms with Gasteiger partial charge in [-0.3, -0.25) is 14.6 Å². The van der Waals surface area contributed by atoms with E-state index in [4.69, 9.17) is 4.74 Å². The fourth-order valence-corrected chi connectivity index (χ4v) is 4.04. The molecule has 2 aliphatic rings. The Labute approximate surface area is 198 Å². The van der Waals surface area contributed by atoms with E-state index in [1.165, 1.54) is 18.6 Å². The van der Waals surface area contributed by atoms with Crippen molar-refractivity contribution in [2.75, 3.05) is 32.8 Å². The van der Waals surface area contributed by atoms with E-state index in [-0.39, 0.29) is 29.7 Å². The highest BCUT2D eigenvalue weighted by atomic mass is 16.5. The lowest BCUT2D eigenvalue weighted by Gasteiger charge is -2.22. The third-order valence-corrected chi connectivity index (χ3v) is 5.85. The first-order chi connectivity index (χ1) is 16.4. The van der Waals surface area contributed by atoms with Crippen LogP contribution >= 0.6 is 0 Å². The van der Waals surface area contributed by atoms with Crippen LogP contribution in [0, 0.1) is 5.92 Å². The smallest absolute Gasteiger partial charge is 0.328 e. The van der Waals surface area contributed by atoms with Crippen molar-refractivity contribution < 1.29 is 29.3 Å². The second-order valence-corrected chi connectivity index (χ2v) is 8.49. The van der Waals surface area contributed by atoms with Crippen molar-refractivity contribution in [2.45, 2.75) is 44.6 Å². The number of guanidine groups is 1. The maximum Gasteiger partial charge on any atom is 0.328 e. The Balaban J connectivity index is 1.44. The summed E-state index contributed by atoms with van der Waals surface area (Å²) < 4.78 is 5.55. The highest BCUT2D eigenvalue weighted by molar-refractivity contribution is 5.97. The van der Waals surface area contributed by atoms with Crippen molar-refractivity contribution in [3.63, 3.8) is 0 Å². The number of phenolic OH excluding ortho intramolecular Hbond substituents is 1. The number of hydrogen-bond acceptors (Lipinski definition) is 8. The van der Waals surface area contributed by atoms with Gasteiger partial charge in [-0.15, -0.1) is 0 Å². The molecule has 1 aromatic rings. The van der Waals surface area contributed by atoms with Crippen LogP contribution in [-0.4, -0.2) is 72.8 Å². The maximum absolute atomic E-state index is 12.5. The van der Waals surface area contributed by atoms with Crippen molar-refractivity contribution >= 4 is 23.7 Å². The Kier molecular flexibility index (Phi) is 9.36. The Morgan fingerprint density at radius 3 is 2.68 bits per heavy atom. The molecule has 1 atom stereocenters. The molecule has 2 amide bonds. The molecule has 0 bridgehead atoms. The summed E-state index contributed by atoms with van der Waals surface area (Å²) in [5.74, 6) is -1.12. The number of aliphatic imine (C=N–C) groups is 1. The number of carbonyl (C=O) groups is 3. The first-order valence-corrected chi connectivity index (χ1v) is 11.7. The molecule has 1 saturated carbocycles. The van der Waals surface area contributed by atoms with E-state index < -0.39 is 17.9 Å². The number of phenols is 1. The van der Waals surface area contributed by atoms with Gasteiger partial charge < -0.3 is 36.2 Å². The predicted octanol–water partition coefficient (Wildman–Crippen LogP) is 0.589. The number of hydrogen-bond donors (Lipinski definition) is 6. The molecule has 11 heteroatoms. The minimum absolute atomic E-state index is 0.0207. The van der Waals surface area contributed by atoms with Gasteiger partial charge in [0, 0.05) is 25.6 Å². The van der Waals surface area contributed by atoms with Gasteiger partial charge in [-0.1, -0.05) is 19.3 Å². The largest absolute Gasteiger partial charge is 0.507 e. The first kappa shape index (κ1) is 25.1. The molecule has 1 aromatic carbocycles. The molecule has 1 heterocycles. The molecule has 11 nitrogen and oxygen atoms in total. The van der Waals surface area contributed by atoms with Crippen LogP contribution in [0.25, 0.3) is 0 Å².